The van der Waals surface area contributed by atoms with Crippen molar-refractivity contribution in [3.05, 3.63) is 48.0 Å². The second-order valence-corrected chi connectivity index (χ2v) is 5.60. The van der Waals surface area contributed by atoms with Crippen LogP contribution >= 0.6 is 0 Å². The SMILES string of the molecule is C[C@H](NC(=O)c1ccc(Cn2cncn2)cc1)[C@H]1CCCO1. The van der Waals surface area contributed by atoms with Crippen LogP contribution in [0.5, 0.6) is 0 Å². The average Bonchev–Trinajstić information content (AvgIpc) is 3.21. The molecule has 1 N–H and O–H groups in total. The third-order valence-electron chi connectivity index (χ3n) is 3.91. The van der Waals surface area contributed by atoms with Crippen molar-refractivity contribution in [3.63, 3.8) is 0 Å². The van der Waals surface area contributed by atoms with Crippen LogP contribution in [0.1, 0.15) is 35.7 Å². The van der Waals surface area contributed by atoms with Crippen LogP contribution in [0, 0.1) is 0 Å². The number of hydrogen-bond donors (Lipinski definition) is 1. The molecule has 0 spiro atoms. The number of nitrogens with zero attached hydrogens (tertiary/aromatic N) is 3. The first-order valence-corrected chi connectivity index (χ1v) is 7.56. The normalized spacial score (nSPS) is 19.0. The van der Waals surface area contributed by atoms with E-state index in [-0.39, 0.29) is 18.1 Å². The van der Waals surface area contributed by atoms with E-state index >= 15 is 0 Å². The maximum atomic E-state index is 12.2. The minimum absolute atomic E-state index is 0.0322. The molecule has 1 saturated heterocycles. The number of carbonyl (C=O) groups excluding carboxylic acids is 1. The van der Waals surface area contributed by atoms with Crippen molar-refractivity contribution in [1.29, 1.82) is 0 Å². The summed E-state index contributed by atoms with van der Waals surface area (Å²) in [6.07, 6.45) is 5.40. The van der Waals surface area contributed by atoms with Crippen molar-refractivity contribution in [3.8, 4) is 0 Å². The molecule has 116 valence electrons. The van der Waals surface area contributed by atoms with Gasteiger partial charge in [0.1, 0.15) is 12.7 Å². The van der Waals surface area contributed by atoms with Crippen LogP contribution in [0.25, 0.3) is 0 Å². The predicted molar refractivity (Wildman–Crippen MR) is 81.5 cm³/mol. The fourth-order valence-corrected chi connectivity index (χ4v) is 2.64. The van der Waals surface area contributed by atoms with Gasteiger partial charge < -0.3 is 10.1 Å². The van der Waals surface area contributed by atoms with Gasteiger partial charge in [0.15, 0.2) is 0 Å². The summed E-state index contributed by atoms with van der Waals surface area (Å²) < 4.78 is 7.34. The van der Waals surface area contributed by atoms with Crippen LogP contribution in [0.4, 0.5) is 0 Å². The molecule has 3 rings (SSSR count). The number of aromatic nitrogens is 3. The molecule has 1 aliphatic heterocycles. The summed E-state index contributed by atoms with van der Waals surface area (Å²) in [7, 11) is 0. The van der Waals surface area contributed by atoms with Crippen LogP contribution in [0.3, 0.4) is 0 Å². The molecular formula is C16H20N4O2. The molecule has 1 fully saturated rings. The van der Waals surface area contributed by atoms with Gasteiger partial charge in [-0.05, 0) is 37.5 Å². The summed E-state index contributed by atoms with van der Waals surface area (Å²) in [5.74, 6) is -0.0599. The molecule has 22 heavy (non-hydrogen) atoms. The van der Waals surface area contributed by atoms with Crippen molar-refractivity contribution in [2.45, 2.75) is 38.5 Å². The second-order valence-electron chi connectivity index (χ2n) is 5.60. The zero-order chi connectivity index (χ0) is 15.4. The van der Waals surface area contributed by atoms with E-state index < -0.39 is 0 Å². The van der Waals surface area contributed by atoms with E-state index in [2.05, 4.69) is 15.4 Å². The monoisotopic (exact) mass is 300 g/mol. The lowest BCUT2D eigenvalue weighted by Gasteiger charge is -2.20. The van der Waals surface area contributed by atoms with E-state index in [9.17, 15) is 4.79 Å². The van der Waals surface area contributed by atoms with Gasteiger partial charge in [-0.25, -0.2) is 9.67 Å². The van der Waals surface area contributed by atoms with Gasteiger partial charge in [-0.1, -0.05) is 12.1 Å². The Morgan fingerprint density at radius 3 is 2.91 bits per heavy atom. The van der Waals surface area contributed by atoms with Gasteiger partial charge in [-0.2, -0.15) is 5.10 Å². The van der Waals surface area contributed by atoms with Crippen LogP contribution in [-0.2, 0) is 11.3 Å². The first-order chi connectivity index (χ1) is 10.7. The number of carbonyl (C=O) groups is 1. The van der Waals surface area contributed by atoms with E-state index in [1.807, 2.05) is 31.2 Å². The zero-order valence-corrected chi connectivity index (χ0v) is 12.6. The summed E-state index contributed by atoms with van der Waals surface area (Å²) in [4.78, 5) is 16.2. The van der Waals surface area contributed by atoms with Crippen LogP contribution in [0.2, 0.25) is 0 Å². The first-order valence-electron chi connectivity index (χ1n) is 7.56. The van der Waals surface area contributed by atoms with Gasteiger partial charge >= 0.3 is 0 Å². The largest absolute Gasteiger partial charge is 0.376 e. The summed E-state index contributed by atoms with van der Waals surface area (Å²) in [5.41, 5.74) is 1.74. The molecule has 2 heterocycles. The van der Waals surface area contributed by atoms with E-state index in [1.165, 1.54) is 6.33 Å². The summed E-state index contributed by atoms with van der Waals surface area (Å²) in [6, 6.07) is 7.58. The number of amides is 1. The molecule has 0 unspecified atom stereocenters. The van der Waals surface area contributed by atoms with Gasteiger partial charge in [-0.3, -0.25) is 4.79 Å². The Kier molecular flexibility index (Phi) is 4.48. The number of nitrogens with one attached hydrogen (secondary N) is 1. The Balaban J connectivity index is 1.58. The van der Waals surface area contributed by atoms with Crippen molar-refractivity contribution in [1.82, 2.24) is 20.1 Å². The third kappa shape index (κ3) is 3.51. The molecule has 2 aromatic rings. The molecule has 0 aliphatic carbocycles. The van der Waals surface area contributed by atoms with E-state index in [1.54, 1.807) is 11.0 Å². The zero-order valence-electron chi connectivity index (χ0n) is 12.6. The predicted octanol–water partition coefficient (Wildman–Crippen LogP) is 1.62. The summed E-state index contributed by atoms with van der Waals surface area (Å²) >= 11 is 0. The van der Waals surface area contributed by atoms with Crippen molar-refractivity contribution < 1.29 is 9.53 Å². The van der Waals surface area contributed by atoms with Gasteiger partial charge in [-0.15, -0.1) is 0 Å². The number of ether oxygens (including phenoxy) is 1. The standard InChI is InChI=1S/C16H20N4O2/c1-12(15-3-2-8-22-15)19-16(21)14-6-4-13(5-7-14)9-20-11-17-10-18-20/h4-7,10-12,15H,2-3,8-9H2,1H3,(H,19,21)/t12-,15+/m0/s1. The molecule has 1 aromatic heterocycles. The second kappa shape index (κ2) is 6.70. The minimum atomic E-state index is -0.0599. The van der Waals surface area contributed by atoms with Crippen LogP contribution < -0.4 is 5.32 Å². The Hall–Kier alpha value is -2.21. The van der Waals surface area contributed by atoms with Crippen LogP contribution in [-0.4, -0.2) is 39.4 Å². The van der Waals surface area contributed by atoms with Crippen molar-refractivity contribution in [2.75, 3.05) is 6.61 Å². The lowest BCUT2D eigenvalue weighted by molar-refractivity contribution is 0.0712. The van der Waals surface area contributed by atoms with Gasteiger partial charge in [0.25, 0.3) is 5.91 Å². The van der Waals surface area contributed by atoms with Crippen LogP contribution in [0.15, 0.2) is 36.9 Å². The fourth-order valence-electron chi connectivity index (χ4n) is 2.64. The van der Waals surface area contributed by atoms with E-state index in [0.29, 0.717) is 12.1 Å². The number of rotatable bonds is 5. The Bertz CT molecular complexity index is 604. The molecule has 6 nitrogen and oxygen atoms in total. The number of benzene rings is 1. The highest BCUT2D eigenvalue weighted by Crippen LogP contribution is 2.16. The molecule has 0 saturated carbocycles. The molecule has 2 atom stereocenters. The van der Waals surface area contributed by atoms with E-state index in [4.69, 9.17) is 4.74 Å². The number of hydrogen-bond acceptors (Lipinski definition) is 4. The molecule has 0 bridgehead atoms. The molecule has 1 amide bonds. The highest BCUT2D eigenvalue weighted by atomic mass is 16.5. The highest BCUT2D eigenvalue weighted by molar-refractivity contribution is 5.94. The summed E-state index contributed by atoms with van der Waals surface area (Å²) in [6.45, 7) is 3.43. The third-order valence-corrected chi connectivity index (χ3v) is 3.91. The molecule has 1 aliphatic rings. The molecule has 0 radical (unpaired) electrons. The van der Waals surface area contributed by atoms with Gasteiger partial charge in [0.05, 0.1) is 18.7 Å². The highest BCUT2D eigenvalue weighted by Gasteiger charge is 2.23. The lowest BCUT2D eigenvalue weighted by Crippen LogP contribution is -2.40. The topological polar surface area (TPSA) is 69.0 Å². The first kappa shape index (κ1) is 14.7. The van der Waals surface area contributed by atoms with Crippen molar-refractivity contribution in [2.24, 2.45) is 0 Å². The minimum Gasteiger partial charge on any atom is -0.376 e. The Labute approximate surface area is 129 Å². The fraction of sp³-hybridized carbons (Fsp3) is 0.438. The Morgan fingerprint density at radius 1 is 1.45 bits per heavy atom. The quantitative estimate of drug-likeness (QED) is 0.911. The molecular weight excluding hydrogens is 280 g/mol. The van der Waals surface area contributed by atoms with E-state index in [0.717, 1.165) is 25.0 Å². The average molecular weight is 300 g/mol. The smallest absolute Gasteiger partial charge is 0.251 e. The molecule has 6 heteroatoms. The van der Waals surface area contributed by atoms with Crippen molar-refractivity contribution >= 4 is 5.91 Å². The lowest BCUT2D eigenvalue weighted by atomic mass is 10.1. The maximum absolute atomic E-state index is 12.2. The maximum Gasteiger partial charge on any atom is 0.251 e. The van der Waals surface area contributed by atoms with Gasteiger partial charge in [0, 0.05) is 12.2 Å². The molecule has 1 aromatic carbocycles. The summed E-state index contributed by atoms with van der Waals surface area (Å²) in [5, 5.41) is 7.08. The Morgan fingerprint density at radius 2 is 2.27 bits per heavy atom. The van der Waals surface area contributed by atoms with Gasteiger partial charge in [0.2, 0.25) is 0 Å².